The smallest absolute Gasteiger partial charge is 0.328 e. The van der Waals surface area contributed by atoms with Crippen molar-refractivity contribution in [2.45, 2.75) is 25.4 Å². The first-order valence-electron chi connectivity index (χ1n) is 6.08. The van der Waals surface area contributed by atoms with E-state index in [1.807, 2.05) is 7.05 Å². The van der Waals surface area contributed by atoms with Gasteiger partial charge in [-0.2, -0.15) is 0 Å². The largest absolute Gasteiger partial charge is 0.480 e. The Bertz CT molecular complexity index is 311. The van der Waals surface area contributed by atoms with Crippen LogP contribution in [0.5, 0.6) is 0 Å². The number of carboxylic acid groups (broad SMARTS) is 1. The molecule has 0 aliphatic carbocycles. The predicted molar refractivity (Wildman–Crippen MR) is 65.3 cm³/mol. The average Bonchev–Trinajstić information content (AvgIpc) is 2.35. The second kappa shape index (κ2) is 6.55. The molecule has 18 heavy (non-hydrogen) atoms. The molecule has 0 saturated carbocycles. The van der Waals surface area contributed by atoms with Gasteiger partial charge in [0, 0.05) is 25.7 Å². The zero-order chi connectivity index (χ0) is 13.7. The second-order valence-corrected chi connectivity index (χ2v) is 4.51. The van der Waals surface area contributed by atoms with E-state index in [1.165, 1.54) is 0 Å². The zero-order valence-corrected chi connectivity index (χ0v) is 10.8. The normalized spacial score (nSPS) is 22.6. The number of carbonyl (C=O) groups excluding carboxylic acids is 1. The van der Waals surface area contributed by atoms with E-state index in [9.17, 15) is 9.59 Å². The molecule has 0 aromatic carbocycles. The maximum Gasteiger partial charge on any atom is 0.328 e. The fourth-order valence-electron chi connectivity index (χ4n) is 2.00. The van der Waals surface area contributed by atoms with Crippen LogP contribution in [-0.2, 0) is 4.79 Å². The van der Waals surface area contributed by atoms with E-state index in [1.54, 1.807) is 4.90 Å². The van der Waals surface area contributed by atoms with Crippen molar-refractivity contribution in [1.29, 1.82) is 0 Å². The number of amides is 2. The number of carboxylic acids is 1. The maximum absolute atomic E-state index is 11.9. The molecule has 1 saturated heterocycles. The molecule has 1 rings (SSSR count). The number of urea groups is 1. The van der Waals surface area contributed by atoms with E-state index in [-0.39, 0.29) is 0 Å². The summed E-state index contributed by atoms with van der Waals surface area (Å²) in [6, 6.07) is -1.37. The third-order valence-electron chi connectivity index (χ3n) is 3.31. The standard InChI is InChI=1S/C11H21N3O4/c1-3-8-6-14(5-4-13(8)2)11(18)12-9(7-15)10(16)17/h8-9,15H,3-7H2,1-2H3,(H,12,18)(H,16,17)/t8?,9-/m0/s1. The Morgan fingerprint density at radius 3 is 2.61 bits per heavy atom. The summed E-state index contributed by atoms with van der Waals surface area (Å²) < 4.78 is 0. The minimum absolute atomic E-state index is 0.293. The fraction of sp³-hybridized carbons (Fsp3) is 0.818. The van der Waals surface area contributed by atoms with Gasteiger partial charge in [0.05, 0.1) is 6.61 Å². The monoisotopic (exact) mass is 259 g/mol. The Balaban J connectivity index is 2.54. The van der Waals surface area contributed by atoms with E-state index >= 15 is 0 Å². The number of nitrogens with zero attached hydrogens (tertiary/aromatic N) is 2. The van der Waals surface area contributed by atoms with Crippen LogP contribution < -0.4 is 5.32 Å². The number of piperazine rings is 1. The van der Waals surface area contributed by atoms with Crippen molar-refractivity contribution < 1.29 is 19.8 Å². The van der Waals surface area contributed by atoms with E-state index in [4.69, 9.17) is 10.2 Å². The highest BCUT2D eigenvalue weighted by molar-refractivity contribution is 5.82. The lowest BCUT2D eigenvalue weighted by molar-refractivity contribution is -0.140. The van der Waals surface area contributed by atoms with Crippen molar-refractivity contribution in [3.8, 4) is 0 Å². The van der Waals surface area contributed by atoms with Crippen LogP contribution in [-0.4, -0.2) is 77.4 Å². The highest BCUT2D eigenvalue weighted by atomic mass is 16.4. The van der Waals surface area contributed by atoms with E-state index in [0.717, 1.165) is 13.0 Å². The SMILES string of the molecule is CCC1CN(C(=O)N[C@@H](CO)C(=O)O)CCN1C. The Morgan fingerprint density at radius 1 is 1.44 bits per heavy atom. The second-order valence-electron chi connectivity index (χ2n) is 4.51. The Hall–Kier alpha value is -1.34. The number of nitrogens with one attached hydrogen (secondary N) is 1. The molecule has 0 radical (unpaired) electrons. The van der Waals surface area contributed by atoms with Gasteiger partial charge in [-0.3, -0.25) is 4.90 Å². The molecule has 0 bridgehead atoms. The molecule has 0 aromatic rings. The van der Waals surface area contributed by atoms with Crippen LogP contribution in [0.4, 0.5) is 4.79 Å². The van der Waals surface area contributed by atoms with Gasteiger partial charge in [0.15, 0.2) is 6.04 Å². The molecule has 104 valence electrons. The molecular weight excluding hydrogens is 238 g/mol. The van der Waals surface area contributed by atoms with E-state index in [2.05, 4.69) is 17.1 Å². The summed E-state index contributed by atoms with van der Waals surface area (Å²) >= 11 is 0. The minimum Gasteiger partial charge on any atom is -0.480 e. The van der Waals surface area contributed by atoms with Crippen LogP contribution in [0.25, 0.3) is 0 Å². The summed E-state index contributed by atoms with van der Waals surface area (Å²) in [6.45, 7) is 3.36. The Morgan fingerprint density at radius 2 is 2.11 bits per heavy atom. The van der Waals surface area contributed by atoms with Crippen LogP contribution >= 0.6 is 0 Å². The van der Waals surface area contributed by atoms with Crippen molar-refractivity contribution in [2.75, 3.05) is 33.3 Å². The number of aliphatic carboxylic acids is 1. The van der Waals surface area contributed by atoms with Gasteiger partial charge in [-0.15, -0.1) is 0 Å². The maximum atomic E-state index is 11.9. The summed E-state index contributed by atoms with van der Waals surface area (Å²) in [5, 5.41) is 19.9. The third kappa shape index (κ3) is 3.58. The lowest BCUT2D eigenvalue weighted by atomic mass is 10.1. The number of aliphatic hydroxyl groups excluding tert-OH is 1. The molecule has 2 amide bonds. The van der Waals surface area contributed by atoms with Crippen LogP contribution in [0.2, 0.25) is 0 Å². The summed E-state index contributed by atoms with van der Waals surface area (Å²) in [6.07, 6.45) is 0.933. The molecule has 2 atom stereocenters. The van der Waals surface area contributed by atoms with Gasteiger partial charge >= 0.3 is 12.0 Å². The van der Waals surface area contributed by atoms with Gasteiger partial charge in [-0.25, -0.2) is 9.59 Å². The molecular formula is C11H21N3O4. The number of likely N-dealkylation sites (N-methyl/N-ethyl adjacent to an activating group) is 1. The average molecular weight is 259 g/mol. The Kier molecular flexibility index (Phi) is 5.36. The van der Waals surface area contributed by atoms with Crippen molar-refractivity contribution in [2.24, 2.45) is 0 Å². The van der Waals surface area contributed by atoms with Crippen LogP contribution in [0.15, 0.2) is 0 Å². The summed E-state index contributed by atoms with van der Waals surface area (Å²) in [5.74, 6) is -1.23. The lowest BCUT2D eigenvalue weighted by Crippen LogP contribution is -2.57. The van der Waals surface area contributed by atoms with Gasteiger partial charge in [-0.05, 0) is 13.5 Å². The molecule has 3 N–H and O–H groups in total. The highest BCUT2D eigenvalue weighted by Crippen LogP contribution is 2.10. The molecule has 0 spiro atoms. The fourth-order valence-corrected chi connectivity index (χ4v) is 2.00. The number of carbonyl (C=O) groups is 2. The minimum atomic E-state index is -1.24. The quantitative estimate of drug-likeness (QED) is 0.612. The third-order valence-corrected chi connectivity index (χ3v) is 3.31. The topological polar surface area (TPSA) is 93.1 Å². The molecule has 1 fully saturated rings. The van der Waals surface area contributed by atoms with Crippen molar-refractivity contribution in [3.63, 3.8) is 0 Å². The van der Waals surface area contributed by atoms with Gasteiger partial charge < -0.3 is 20.4 Å². The summed E-state index contributed by atoms with van der Waals surface area (Å²) in [5.41, 5.74) is 0. The molecule has 7 nitrogen and oxygen atoms in total. The van der Waals surface area contributed by atoms with Crippen molar-refractivity contribution >= 4 is 12.0 Å². The number of rotatable bonds is 4. The van der Waals surface area contributed by atoms with Gasteiger partial charge in [0.25, 0.3) is 0 Å². The molecule has 1 unspecified atom stereocenters. The molecule has 1 aliphatic rings. The Labute approximate surface area is 106 Å². The van der Waals surface area contributed by atoms with Gasteiger partial charge in [0.1, 0.15) is 0 Å². The number of aliphatic hydroxyl groups is 1. The lowest BCUT2D eigenvalue weighted by Gasteiger charge is -2.39. The van der Waals surface area contributed by atoms with Crippen LogP contribution in [0.3, 0.4) is 0 Å². The van der Waals surface area contributed by atoms with E-state index < -0.39 is 24.6 Å². The number of hydrogen-bond donors (Lipinski definition) is 3. The highest BCUT2D eigenvalue weighted by Gasteiger charge is 2.28. The molecule has 7 heteroatoms. The molecule has 1 heterocycles. The number of hydrogen-bond acceptors (Lipinski definition) is 4. The van der Waals surface area contributed by atoms with Crippen molar-refractivity contribution in [1.82, 2.24) is 15.1 Å². The van der Waals surface area contributed by atoms with Crippen molar-refractivity contribution in [3.05, 3.63) is 0 Å². The van der Waals surface area contributed by atoms with E-state index in [0.29, 0.717) is 19.1 Å². The summed E-state index contributed by atoms with van der Waals surface area (Å²) in [4.78, 5) is 26.4. The van der Waals surface area contributed by atoms with Crippen LogP contribution in [0, 0.1) is 0 Å². The molecule has 1 aliphatic heterocycles. The predicted octanol–water partition coefficient (Wildman–Crippen LogP) is -0.832. The first-order chi connectivity index (χ1) is 8.49. The van der Waals surface area contributed by atoms with Gasteiger partial charge in [0.2, 0.25) is 0 Å². The molecule has 0 aromatic heterocycles. The van der Waals surface area contributed by atoms with Gasteiger partial charge in [-0.1, -0.05) is 6.92 Å². The van der Waals surface area contributed by atoms with Crippen LogP contribution in [0.1, 0.15) is 13.3 Å². The zero-order valence-electron chi connectivity index (χ0n) is 10.8. The first-order valence-corrected chi connectivity index (χ1v) is 6.08. The first kappa shape index (κ1) is 14.7. The summed E-state index contributed by atoms with van der Waals surface area (Å²) in [7, 11) is 2.01.